The van der Waals surface area contributed by atoms with Gasteiger partial charge in [0.25, 0.3) is 0 Å². The monoisotopic (exact) mass is 881 g/mol. The Hall–Kier alpha value is -3.40. The van der Waals surface area contributed by atoms with E-state index in [0.29, 0.717) is 59.6 Å². The van der Waals surface area contributed by atoms with Crippen molar-refractivity contribution in [2.24, 2.45) is 46.3 Å². The first-order valence-electron chi connectivity index (χ1n) is 25.7. The Bertz CT molecular complexity index is 1630. The van der Waals surface area contributed by atoms with Crippen LogP contribution in [0.4, 0.5) is 0 Å². The summed E-state index contributed by atoms with van der Waals surface area (Å²) >= 11 is 0. The van der Waals surface area contributed by atoms with Crippen LogP contribution in [0.5, 0.6) is 0 Å². The normalized spacial score (nSPS) is 24.7. The van der Waals surface area contributed by atoms with Gasteiger partial charge in [-0.25, -0.2) is 0 Å². The molecule has 0 amide bonds. The van der Waals surface area contributed by atoms with Crippen molar-refractivity contribution in [2.45, 2.75) is 210 Å². The predicted octanol–water partition coefficient (Wildman–Crippen LogP) is 17.2. The largest absolute Gasteiger partial charge is 0.299 e. The Morgan fingerprint density at radius 2 is 1.08 bits per heavy atom. The van der Waals surface area contributed by atoms with Crippen molar-refractivity contribution in [3.8, 4) is 0 Å². The minimum Gasteiger partial charge on any atom is -0.299 e. The van der Waals surface area contributed by atoms with Crippen LogP contribution in [-0.4, -0.2) is 23.1 Å². The molecule has 8 unspecified atom stereocenters. The zero-order valence-corrected chi connectivity index (χ0v) is 43.1. The SMILES string of the molecule is C=CC(CCC)C1(C(C)=O)CC=C(C)CC1.C=CC(CCC)C1(C(C)=O)CCC=C(C)C1.C=CC(CCC)CC(=O)C1CC=C(C)CC1.C=CC(CCC)CC(=O)C1CCC=C(C)C1. The van der Waals surface area contributed by atoms with Gasteiger partial charge in [-0.3, -0.25) is 19.2 Å². The van der Waals surface area contributed by atoms with Crippen LogP contribution in [-0.2, 0) is 19.2 Å². The lowest BCUT2D eigenvalue weighted by atomic mass is 9.62. The first-order chi connectivity index (χ1) is 30.5. The highest BCUT2D eigenvalue weighted by Crippen LogP contribution is 2.46. The van der Waals surface area contributed by atoms with Crippen molar-refractivity contribution in [1.82, 2.24) is 0 Å². The topological polar surface area (TPSA) is 68.3 Å². The minimum atomic E-state index is -0.156. The lowest BCUT2D eigenvalue weighted by Gasteiger charge is -2.40. The van der Waals surface area contributed by atoms with Crippen molar-refractivity contribution >= 4 is 23.1 Å². The Labute approximate surface area is 394 Å². The van der Waals surface area contributed by atoms with Gasteiger partial charge in [0.05, 0.1) is 0 Å². The number of Topliss-reactive ketones (excluding diaryl/α,β-unsaturated/α-hetero) is 4. The molecule has 4 rings (SSSR count). The zero-order chi connectivity index (χ0) is 48.3. The van der Waals surface area contributed by atoms with E-state index in [-0.39, 0.29) is 22.7 Å². The van der Waals surface area contributed by atoms with Crippen LogP contribution in [0.15, 0.2) is 97.2 Å². The first-order valence-corrected chi connectivity index (χ1v) is 25.7. The number of rotatable bonds is 22. The molecule has 0 N–H and O–H groups in total. The van der Waals surface area contributed by atoms with Crippen molar-refractivity contribution in [3.63, 3.8) is 0 Å². The fourth-order valence-electron chi connectivity index (χ4n) is 10.7. The Morgan fingerprint density at radius 3 is 1.48 bits per heavy atom. The molecule has 0 aromatic carbocycles. The average molecular weight is 881 g/mol. The van der Waals surface area contributed by atoms with Crippen LogP contribution in [0, 0.1) is 46.3 Å². The maximum Gasteiger partial charge on any atom is 0.136 e. The van der Waals surface area contributed by atoms with Gasteiger partial charge < -0.3 is 0 Å². The maximum absolute atomic E-state index is 12.1. The van der Waals surface area contributed by atoms with Gasteiger partial charge in [-0.2, -0.15) is 0 Å². The van der Waals surface area contributed by atoms with Gasteiger partial charge in [0.1, 0.15) is 23.1 Å². The van der Waals surface area contributed by atoms with Crippen molar-refractivity contribution < 1.29 is 19.2 Å². The van der Waals surface area contributed by atoms with Gasteiger partial charge >= 0.3 is 0 Å². The molecule has 0 saturated carbocycles. The van der Waals surface area contributed by atoms with Crippen LogP contribution in [0.3, 0.4) is 0 Å². The second-order valence-electron chi connectivity index (χ2n) is 20.2. The van der Waals surface area contributed by atoms with E-state index in [4.69, 9.17) is 0 Å². The fourth-order valence-corrected chi connectivity index (χ4v) is 10.7. The second kappa shape index (κ2) is 31.5. The number of allylic oxidation sites excluding steroid dienone is 12. The van der Waals surface area contributed by atoms with Crippen LogP contribution in [0.2, 0.25) is 0 Å². The van der Waals surface area contributed by atoms with Crippen molar-refractivity contribution in [1.29, 1.82) is 0 Å². The molecule has 360 valence electrons. The van der Waals surface area contributed by atoms with Crippen LogP contribution < -0.4 is 0 Å². The lowest BCUT2D eigenvalue weighted by Crippen LogP contribution is -2.38. The molecule has 0 aliphatic heterocycles. The molecule has 0 fully saturated rings. The Balaban J connectivity index is 0.000000427. The van der Waals surface area contributed by atoms with Gasteiger partial charge in [-0.15, -0.1) is 26.3 Å². The molecule has 4 heteroatoms. The van der Waals surface area contributed by atoms with Gasteiger partial charge in [0.2, 0.25) is 0 Å². The molecule has 64 heavy (non-hydrogen) atoms. The van der Waals surface area contributed by atoms with Gasteiger partial charge in [-0.05, 0) is 168 Å². The number of hydrogen-bond acceptors (Lipinski definition) is 4. The summed E-state index contributed by atoms with van der Waals surface area (Å²) in [5.74, 6) is 3.62. The summed E-state index contributed by atoms with van der Waals surface area (Å²) in [6.07, 6.45) is 39.3. The summed E-state index contributed by atoms with van der Waals surface area (Å²) in [4.78, 5) is 48.3. The summed E-state index contributed by atoms with van der Waals surface area (Å²) in [7, 11) is 0. The highest BCUT2D eigenvalue weighted by molar-refractivity contribution is 5.84. The van der Waals surface area contributed by atoms with E-state index in [1.807, 2.05) is 24.3 Å². The number of hydrogen-bond donors (Lipinski definition) is 0. The van der Waals surface area contributed by atoms with E-state index < -0.39 is 0 Å². The van der Waals surface area contributed by atoms with E-state index in [0.717, 1.165) is 128 Å². The number of carbonyl (C=O) groups is 4. The van der Waals surface area contributed by atoms with E-state index in [1.165, 1.54) is 22.3 Å². The van der Waals surface area contributed by atoms with E-state index >= 15 is 0 Å². The molecule has 0 bridgehead atoms. The summed E-state index contributed by atoms with van der Waals surface area (Å²) in [6, 6.07) is 0. The first kappa shape index (κ1) is 58.6. The second-order valence-corrected chi connectivity index (χ2v) is 20.2. The molecular weight excluding hydrogens is 785 g/mol. The number of carbonyl (C=O) groups excluding carboxylic acids is 4. The minimum absolute atomic E-state index is 0.155. The standard InChI is InChI=1S/4C15H24O/c1-5-8-14(6-2)15(13(4)16)10-7-9-12(3)11-15;1-5-7-14(6-2)15(13(4)16)10-8-12(3)9-11-15;1-4-7-13(5-2)11-15(16)14-9-6-8-12(3)10-14;1-4-6-13(5-2)11-15(16)14-9-7-12(3)8-10-14/h6,9,14H,2,5,7-8,10-11H2,1,3-4H3;6,8,14H,2,5,7,9-11H2,1,3-4H3;5,8,13-14H,2,4,6-7,9-11H2,1,3H3;5,7,13-14H,2,4,6,8-11H2,1,3H3. The van der Waals surface area contributed by atoms with E-state index in [1.54, 1.807) is 13.8 Å². The molecule has 0 spiro atoms. The summed E-state index contributed by atoms with van der Waals surface area (Å²) in [5, 5.41) is 0. The Morgan fingerprint density at radius 1 is 0.578 bits per heavy atom. The maximum atomic E-state index is 12.1. The molecule has 0 saturated heterocycles. The molecule has 4 nitrogen and oxygen atoms in total. The van der Waals surface area contributed by atoms with Gasteiger partial charge in [0, 0.05) is 35.5 Å². The van der Waals surface area contributed by atoms with E-state index in [2.05, 4.69) is 106 Å². The smallest absolute Gasteiger partial charge is 0.136 e. The third-order valence-corrected chi connectivity index (χ3v) is 15.1. The fraction of sp³-hybridized carbons (Fsp3) is 0.667. The Kier molecular flexibility index (Phi) is 28.9. The molecule has 4 aliphatic carbocycles. The average Bonchev–Trinajstić information content (AvgIpc) is 3.28. The molecule has 0 radical (unpaired) electrons. The highest BCUT2D eigenvalue weighted by Gasteiger charge is 2.43. The van der Waals surface area contributed by atoms with E-state index in [9.17, 15) is 19.2 Å². The highest BCUT2D eigenvalue weighted by atomic mass is 16.1. The molecule has 0 aromatic rings. The quantitative estimate of drug-likeness (QED) is 0.102. The van der Waals surface area contributed by atoms with Crippen LogP contribution >= 0.6 is 0 Å². The molecule has 0 heterocycles. The van der Waals surface area contributed by atoms with Crippen LogP contribution in [0.1, 0.15) is 210 Å². The van der Waals surface area contributed by atoms with Crippen molar-refractivity contribution in [3.05, 3.63) is 97.2 Å². The van der Waals surface area contributed by atoms with Gasteiger partial charge in [-0.1, -0.05) is 124 Å². The molecule has 8 atom stereocenters. The lowest BCUT2D eigenvalue weighted by molar-refractivity contribution is -0.130. The molecule has 4 aliphatic rings. The third-order valence-electron chi connectivity index (χ3n) is 15.1. The van der Waals surface area contributed by atoms with Crippen LogP contribution in [0.25, 0.3) is 0 Å². The number of ketones is 4. The molecule has 0 aromatic heterocycles. The van der Waals surface area contributed by atoms with Gasteiger partial charge in [0.15, 0.2) is 0 Å². The third kappa shape index (κ3) is 19.2. The predicted molar refractivity (Wildman–Crippen MR) is 277 cm³/mol. The summed E-state index contributed by atoms with van der Waals surface area (Å²) in [6.45, 7) is 36.3. The summed E-state index contributed by atoms with van der Waals surface area (Å²) < 4.78 is 0. The summed E-state index contributed by atoms with van der Waals surface area (Å²) in [5.41, 5.74) is 5.31. The zero-order valence-electron chi connectivity index (χ0n) is 43.1. The van der Waals surface area contributed by atoms with Crippen molar-refractivity contribution in [2.75, 3.05) is 0 Å². The molecular formula is C60H96O4.